The first kappa shape index (κ1) is 12.2. The van der Waals surface area contributed by atoms with Gasteiger partial charge in [-0.3, -0.25) is 0 Å². The van der Waals surface area contributed by atoms with Crippen LogP contribution in [0, 0.1) is 0 Å². The minimum Gasteiger partial charge on any atom is -0.465 e. The van der Waals surface area contributed by atoms with Crippen molar-refractivity contribution in [3.05, 3.63) is 0 Å². The molecule has 13 heavy (non-hydrogen) atoms. The molecule has 0 bridgehead atoms. The molecule has 0 aliphatic heterocycles. The summed E-state index contributed by atoms with van der Waals surface area (Å²) in [5, 5.41) is 17.9. The maximum Gasteiger partial charge on any atom is 0.407 e. The van der Waals surface area contributed by atoms with E-state index in [1.165, 1.54) is 4.90 Å². The van der Waals surface area contributed by atoms with Crippen LogP contribution < -0.4 is 0 Å². The van der Waals surface area contributed by atoms with E-state index in [2.05, 4.69) is 0 Å². The van der Waals surface area contributed by atoms with Gasteiger partial charge in [0, 0.05) is 12.1 Å². The second kappa shape index (κ2) is 4.46. The van der Waals surface area contributed by atoms with Crippen LogP contribution in [0.25, 0.3) is 0 Å². The van der Waals surface area contributed by atoms with Gasteiger partial charge in [-0.25, -0.2) is 4.79 Å². The van der Waals surface area contributed by atoms with Crippen LogP contribution in [0.15, 0.2) is 0 Å². The van der Waals surface area contributed by atoms with Crippen molar-refractivity contribution in [2.75, 3.05) is 6.54 Å². The van der Waals surface area contributed by atoms with E-state index in [9.17, 15) is 4.79 Å². The van der Waals surface area contributed by atoms with Gasteiger partial charge in [0.15, 0.2) is 0 Å². The van der Waals surface area contributed by atoms with Crippen molar-refractivity contribution in [2.45, 2.75) is 45.8 Å². The average Bonchev–Trinajstić information content (AvgIpc) is 1.81. The molecule has 0 aliphatic carbocycles. The molecular weight excluding hydrogens is 170 g/mol. The highest BCUT2D eigenvalue weighted by Gasteiger charge is 2.25. The van der Waals surface area contributed by atoms with Crippen LogP contribution in [-0.2, 0) is 0 Å². The number of carbonyl (C=O) groups is 1. The zero-order valence-corrected chi connectivity index (χ0v) is 8.74. The molecule has 0 radical (unpaired) electrons. The summed E-state index contributed by atoms with van der Waals surface area (Å²) in [5.74, 6) is 0. The lowest BCUT2D eigenvalue weighted by atomic mass is 10.1. The minimum absolute atomic E-state index is 0.372. The first-order valence-corrected chi connectivity index (χ1v) is 4.43. The maximum atomic E-state index is 10.8. The molecule has 0 spiro atoms. The number of aliphatic hydroxyl groups excluding tert-OH is 1. The zero-order valence-electron chi connectivity index (χ0n) is 8.74. The molecule has 0 saturated heterocycles. The van der Waals surface area contributed by atoms with Crippen LogP contribution in [0.4, 0.5) is 4.79 Å². The lowest BCUT2D eigenvalue weighted by Crippen LogP contribution is -2.46. The lowest BCUT2D eigenvalue weighted by molar-refractivity contribution is 0.0857. The predicted molar refractivity (Wildman–Crippen MR) is 50.8 cm³/mol. The van der Waals surface area contributed by atoms with Crippen molar-refractivity contribution < 1.29 is 15.0 Å². The van der Waals surface area contributed by atoms with Gasteiger partial charge in [0.05, 0.1) is 6.10 Å². The van der Waals surface area contributed by atoms with Gasteiger partial charge >= 0.3 is 6.09 Å². The highest BCUT2D eigenvalue weighted by molar-refractivity contribution is 5.65. The molecule has 0 heterocycles. The molecule has 78 valence electrons. The molecule has 0 unspecified atom stereocenters. The van der Waals surface area contributed by atoms with Gasteiger partial charge < -0.3 is 15.1 Å². The molecule has 1 amide bonds. The summed E-state index contributed by atoms with van der Waals surface area (Å²) in [6, 6.07) is 0. The minimum atomic E-state index is -0.937. The molecule has 0 rings (SSSR count). The monoisotopic (exact) mass is 189 g/mol. The first-order valence-electron chi connectivity index (χ1n) is 4.43. The van der Waals surface area contributed by atoms with E-state index in [0.717, 1.165) is 0 Å². The molecule has 4 heteroatoms. The van der Waals surface area contributed by atoms with Crippen LogP contribution in [0.5, 0.6) is 0 Å². The summed E-state index contributed by atoms with van der Waals surface area (Å²) in [4.78, 5) is 12.1. The van der Waals surface area contributed by atoms with Gasteiger partial charge in [-0.05, 0) is 34.1 Å². The molecule has 1 atom stereocenters. The number of hydrogen-bond donors (Lipinski definition) is 2. The van der Waals surface area contributed by atoms with Gasteiger partial charge in [0.2, 0.25) is 0 Å². The fourth-order valence-corrected chi connectivity index (χ4v) is 1.03. The van der Waals surface area contributed by atoms with Crippen molar-refractivity contribution in [1.82, 2.24) is 4.90 Å². The quantitative estimate of drug-likeness (QED) is 0.707. The topological polar surface area (TPSA) is 60.8 Å². The van der Waals surface area contributed by atoms with Gasteiger partial charge in [-0.1, -0.05) is 0 Å². The van der Waals surface area contributed by atoms with Gasteiger partial charge in [0.1, 0.15) is 0 Å². The largest absolute Gasteiger partial charge is 0.465 e. The third kappa shape index (κ3) is 4.72. The molecular formula is C9H19NO3. The maximum absolute atomic E-state index is 10.8. The summed E-state index contributed by atoms with van der Waals surface area (Å²) in [7, 11) is 0. The van der Waals surface area contributed by atoms with E-state index in [1.54, 1.807) is 6.92 Å². The van der Waals surface area contributed by atoms with Crippen molar-refractivity contribution >= 4 is 6.09 Å². The smallest absolute Gasteiger partial charge is 0.407 e. The van der Waals surface area contributed by atoms with Crippen molar-refractivity contribution in [3.8, 4) is 0 Å². The van der Waals surface area contributed by atoms with E-state index >= 15 is 0 Å². The van der Waals surface area contributed by atoms with E-state index in [4.69, 9.17) is 10.2 Å². The second-order valence-electron chi connectivity index (χ2n) is 4.24. The number of amides is 1. The summed E-state index contributed by atoms with van der Waals surface area (Å²) in [5.41, 5.74) is -0.402. The zero-order chi connectivity index (χ0) is 10.6. The third-order valence-electron chi connectivity index (χ3n) is 1.81. The Morgan fingerprint density at radius 3 is 2.15 bits per heavy atom. The predicted octanol–water partition coefficient (Wildman–Crippen LogP) is 1.54. The summed E-state index contributed by atoms with van der Waals surface area (Å²) >= 11 is 0. The van der Waals surface area contributed by atoms with Crippen LogP contribution in [0.2, 0.25) is 0 Å². The number of carboxylic acid groups (broad SMARTS) is 1. The first-order chi connectivity index (χ1) is 5.75. The Morgan fingerprint density at radius 1 is 1.46 bits per heavy atom. The number of hydrogen-bond acceptors (Lipinski definition) is 2. The molecule has 0 aromatic heterocycles. The Balaban J connectivity index is 4.20. The van der Waals surface area contributed by atoms with Crippen molar-refractivity contribution in [3.63, 3.8) is 0 Å². The lowest BCUT2D eigenvalue weighted by Gasteiger charge is -2.33. The molecule has 2 N–H and O–H groups in total. The van der Waals surface area contributed by atoms with Gasteiger partial charge in [-0.15, -0.1) is 0 Å². The SMILES string of the molecule is C[C@H](O)CCN(C(=O)O)C(C)(C)C. The Bertz CT molecular complexity index is 172. The van der Waals surface area contributed by atoms with E-state index in [1.807, 2.05) is 20.8 Å². The number of aliphatic hydroxyl groups is 1. The standard InChI is InChI=1S/C9H19NO3/c1-7(11)5-6-10(8(12)13)9(2,3)4/h7,11H,5-6H2,1-4H3,(H,12,13)/t7-/m0/s1. The van der Waals surface area contributed by atoms with Crippen LogP contribution >= 0.6 is 0 Å². The Hall–Kier alpha value is -0.770. The normalized spacial score (nSPS) is 13.9. The Morgan fingerprint density at radius 2 is 1.92 bits per heavy atom. The second-order valence-corrected chi connectivity index (χ2v) is 4.24. The summed E-state index contributed by atoms with van der Waals surface area (Å²) in [6.45, 7) is 7.54. The molecule has 0 saturated carbocycles. The number of nitrogens with zero attached hydrogens (tertiary/aromatic N) is 1. The Labute approximate surface area is 79.2 Å². The van der Waals surface area contributed by atoms with Crippen molar-refractivity contribution in [2.24, 2.45) is 0 Å². The fourth-order valence-electron chi connectivity index (χ4n) is 1.03. The molecule has 0 aromatic rings. The van der Waals surface area contributed by atoms with Crippen LogP contribution in [0.1, 0.15) is 34.1 Å². The molecule has 0 fully saturated rings. The van der Waals surface area contributed by atoms with Gasteiger partial charge in [0.25, 0.3) is 0 Å². The summed E-state index contributed by atoms with van der Waals surface area (Å²) in [6.07, 6.45) is -0.916. The van der Waals surface area contributed by atoms with Gasteiger partial charge in [-0.2, -0.15) is 0 Å². The molecule has 0 aliphatic rings. The van der Waals surface area contributed by atoms with E-state index in [-0.39, 0.29) is 0 Å². The van der Waals surface area contributed by atoms with E-state index < -0.39 is 17.7 Å². The average molecular weight is 189 g/mol. The van der Waals surface area contributed by atoms with Crippen molar-refractivity contribution in [1.29, 1.82) is 0 Å². The highest BCUT2D eigenvalue weighted by atomic mass is 16.4. The molecule has 0 aromatic carbocycles. The highest BCUT2D eigenvalue weighted by Crippen LogP contribution is 2.14. The third-order valence-corrected chi connectivity index (χ3v) is 1.81. The van der Waals surface area contributed by atoms with Crippen LogP contribution in [0.3, 0.4) is 0 Å². The molecule has 4 nitrogen and oxygen atoms in total. The van der Waals surface area contributed by atoms with E-state index in [0.29, 0.717) is 13.0 Å². The fraction of sp³-hybridized carbons (Fsp3) is 0.889. The van der Waals surface area contributed by atoms with Crippen LogP contribution in [-0.4, -0.2) is 39.4 Å². The summed E-state index contributed by atoms with van der Waals surface area (Å²) < 4.78 is 0. The Kier molecular flexibility index (Phi) is 4.20. The number of rotatable bonds is 3.